The lowest BCUT2D eigenvalue weighted by molar-refractivity contribution is -0.146. The lowest BCUT2D eigenvalue weighted by Crippen LogP contribution is -2.44. The van der Waals surface area contributed by atoms with Gasteiger partial charge >= 0.3 is 5.97 Å². The molecule has 1 N–H and O–H groups in total. The second-order valence-electron chi connectivity index (χ2n) is 11.6. The minimum Gasteiger partial charge on any atom is -0.493 e. The van der Waals surface area contributed by atoms with Gasteiger partial charge in [0.2, 0.25) is 5.91 Å². The standard InChI is InChI=1S/C30H39ClN2O6/c1-30(2,3)18-33-17-21(16-26(34)32-13-11-19(12-14-32)29(35)36)39-27(23-15-20(31)9-10-24(23)33)22-7-6-8-25(37-4)28(22)38-5/h6-10,15,19,21,27H,11-14,16-18H2,1-5H3,(H,35,36)/t21-,27-/m0/s1. The van der Waals surface area contributed by atoms with Crippen LogP contribution in [-0.2, 0) is 14.3 Å². The number of hydrogen-bond donors (Lipinski definition) is 1. The first-order valence-electron chi connectivity index (χ1n) is 13.4. The molecule has 39 heavy (non-hydrogen) atoms. The van der Waals surface area contributed by atoms with Crippen LogP contribution in [0.3, 0.4) is 0 Å². The van der Waals surface area contributed by atoms with E-state index in [0.717, 1.165) is 23.4 Å². The molecular formula is C30H39ClN2O6. The first-order valence-corrected chi connectivity index (χ1v) is 13.8. The molecule has 212 valence electrons. The Morgan fingerprint density at radius 1 is 1.08 bits per heavy atom. The van der Waals surface area contributed by atoms with Crippen molar-refractivity contribution < 1.29 is 28.9 Å². The van der Waals surface area contributed by atoms with Crippen molar-refractivity contribution in [2.24, 2.45) is 11.3 Å². The molecule has 0 radical (unpaired) electrons. The number of benzene rings is 2. The Kier molecular flexibility index (Phi) is 8.96. The number of rotatable bonds is 7. The summed E-state index contributed by atoms with van der Waals surface area (Å²) in [5, 5.41) is 9.94. The highest BCUT2D eigenvalue weighted by molar-refractivity contribution is 6.30. The molecule has 2 atom stereocenters. The van der Waals surface area contributed by atoms with Gasteiger partial charge < -0.3 is 29.1 Å². The van der Waals surface area contributed by atoms with Crippen LogP contribution < -0.4 is 14.4 Å². The van der Waals surface area contributed by atoms with Gasteiger partial charge in [-0.05, 0) is 42.5 Å². The zero-order valence-electron chi connectivity index (χ0n) is 23.4. The van der Waals surface area contributed by atoms with Crippen LogP contribution in [0.15, 0.2) is 36.4 Å². The molecule has 2 aromatic rings. The highest BCUT2D eigenvalue weighted by atomic mass is 35.5. The summed E-state index contributed by atoms with van der Waals surface area (Å²) in [7, 11) is 3.20. The number of nitrogens with zero attached hydrogens (tertiary/aromatic N) is 2. The van der Waals surface area contributed by atoms with Gasteiger partial charge in [-0.15, -0.1) is 0 Å². The zero-order chi connectivity index (χ0) is 28.3. The molecule has 2 heterocycles. The van der Waals surface area contributed by atoms with Crippen LogP contribution in [0.1, 0.15) is 57.3 Å². The van der Waals surface area contributed by atoms with Gasteiger partial charge in [0, 0.05) is 48.0 Å². The number of piperidine rings is 1. The average Bonchev–Trinajstić information content (AvgIpc) is 3.03. The van der Waals surface area contributed by atoms with Gasteiger partial charge in [-0.25, -0.2) is 0 Å². The van der Waals surface area contributed by atoms with Gasteiger partial charge in [0.1, 0.15) is 6.10 Å². The number of aliphatic carboxylic acids is 1. The van der Waals surface area contributed by atoms with Crippen molar-refractivity contribution in [1.29, 1.82) is 0 Å². The second kappa shape index (κ2) is 12.0. The molecule has 2 aromatic carbocycles. The van der Waals surface area contributed by atoms with E-state index in [2.05, 4.69) is 25.7 Å². The number of ether oxygens (including phenoxy) is 3. The van der Waals surface area contributed by atoms with E-state index in [0.29, 0.717) is 49.0 Å². The maximum Gasteiger partial charge on any atom is 0.306 e. The zero-order valence-corrected chi connectivity index (χ0v) is 24.2. The molecule has 1 amide bonds. The number of carbonyl (C=O) groups is 2. The van der Waals surface area contributed by atoms with E-state index in [9.17, 15) is 14.7 Å². The molecule has 2 aliphatic rings. The maximum absolute atomic E-state index is 13.5. The van der Waals surface area contributed by atoms with E-state index in [1.807, 2.05) is 36.4 Å². The van der Waals surface area contributed by atoms with Crippen LogP contribution in [0, 0.1) is 11.3 Å². The van der Waals surface area contributed by atoms with Crippen LogP contribution in [0.4, 0.5) is 5.69 Å². The van der Waals surface area contributed by atoms with E-state index in [1.165, 1.54) is 0 Å². The summed E-state index contributed by atoms with van der Waals surface area (Å²) in [6.45, 7) is 8.71. The van der Waals surface area contributed by atoms with Crippen molar-refractivity contribution in [3.63, 3.8) is 0 Å². The van der Waals surface area contributed by atoms with Crippen molar-refractivity contribution in [1.82, 2.24) is 4.90 Å². The number of carbonyl (C=O) groups excluding carboxylic acids is 1. The largest absolute Gasteiger partial charge is 0.493 e. The number of amides is 1. The summed E-state index contributed by atoms with van der Waals surface area (Å²) in [4.78, 5) is 28.9. The first-order chi connectivity index (χ1) is 18.5. The number of fused-ring (bicyclic) bond motifs is 1. The molecule has 8 nitrogen and oxygen atoms in total. The Morgan fingerprint density at radius 2 is 1.79 bits per heavy atom. The Morgan fingerprint density at radius 3 is 2.41 bits per heavy atom. The first kappa shape index (κ1) is 29.0. The van der Waals surface area contributed by atoms with Crippen molar-refractivity contribution >= 4 is 29.2 Å². The SMILES string of the molecule is COc1cccc([C@@H]2O[C@@H](CC(=O)N3CCC(C(=O)O)CC3)CN(CC(C)(C)C)c3ccc(Cl)cc32)c1OC. The normalized spacial score (nSPS) is 20.3. The quantitative estimate of drug-likeness (QED) is 0.486. The van der Waals surface area contributed by atoms with E-state index in [1.54, 1.807) is 19.1 Å². The third-order valence-corrected chi connectivity index (χ3v) is 7.58. The Hall–Kier alpha value is -2.97. The number of carboxylic acids is 1. The van der Waals surface area contributed by atoms with Gasteiger partial charge in [-0.3, -0.25) is 9.59 Å². The van der Waals surface area contributed by atoms with Gasteiger partial charge in [0.25, 0.3) is 0 Å². The predicted molar refractivity (Wildman–Crippen MR) is 151 cm³/mol. The summed E-state index contributed by atoms with van der Waals surface area (Å²) in [5.74, 6) is -0.0547. The number of methoxy groups -OCH3 is 2. The minimum atomic E-state index is -0.793. The fourth-order valence-corrected chi connectivity index (χ4v) is 5.75. The third-order valence-electron chi connectivity index (χ3n) is 7.35. The number of para-hydroxylation sites is 1. The van der Waals surface area contributed by atoms with Crippen LogP contribution in [0.25, 0.3) is 0 Å². The smallest absolute Gasteiger partial charge is 0.306 e. The monoisotopic (exact) mass is 558 g/mol. The minimum absolute atomic E-state index is 0.0162. The van der Waals surface area contributed by atoms with Crippen LogP contribution in [-0.4, -0.2) is 68.4 Å². The van der Waals surface area contributed by atoms with Gasteiger partial charge in [0.05, 0.1) is 32.7 Å². The summed E-state index contributed by atoms with van der Waals surface area (Å²) < 4.78 is 18.2. The number of hydrogen-bond acceptors (Lipinski definition) is 6. The van der Waals surface area contributed by atoms with Crippen molar-refractivity contribution in [3.05, 3.63) is 52.5 Å². The number of halogens is 1. The molecule has 4 rings (SSSR count). The Balaban J connectivity index is 1.72. The van der Waals surface area contributed by atoms with E-state index < -0.39 is 24.1 Å². The van der Waals surface area contributed by atoms with Crippen molar-refractivity contribution in [3.8, 4) is 11.5 Å². The van der Waals surface area contributed by atoms with E-state index in [4.69, 9.17) is 25.8 Å². The Bertz CT molecular complexity index is 1190. The highest BCUT2D eigenvalue weighted by Gasteiger charge is 2.36. The molecule has 0 bridgehead atoms. The molecule has 1 fully saturated rings. The molecular weight excluding hydrogens is 520 g/mol. The molecule has 0 saturated carbocycles. The molecule has 0 spiro atoms. The summed E-state index contributed by atoms with van der Waals surface area (Å²) in [5.41, 5.74) is 2.67. The number of anilines is 1. The molecule has 0 aliphatic carbocycles. The number of likely N-dealkylation sites (tertiary alicyclic amines) is 1. The van der Waals surface area contributed by atoms with Gasteiger partial charge in [-0.1, -0.05) is 44.5 Å². The molecule has 2 aliphatic heterocycles. The fourth-order valence-electron chi connectivity index (χ4n) is 5.57. The van der Waals surface area contributed by atoms with Crippen molar-refractivity contribution in [2.75, 3.05) is 45.3 Å². The fraction of sp³-hybridized carbons (Fsp3) is 0.533. The van der Waals surface area contributed by atoms with Crippen LogP contribution in [0.2, 0.25) is 5.02 Å². The second-order valence-corrected chi connectivity index (χ2v) is 12.0. The summed E-state index contributed by atoms with van der Waals surface area (Å²) in [6, 6.07) is 11.5. The van der Waals surface area contributed by atoms with Crippen LogP contribution in [0.5, 0.6) is 11.5 Å². The molecule has 9 heteroatoms. The summed E-state index contributed by atoms with van der Waals surface area (Å²) in [6.07, 6.45) is 0.142. The third kappa shape index (κ3) is 6.79. The Labute approximate surface area is 235 Å². The van der Waals surface area contributed by atoms with E-state index in [-0.39, 0.29) is 17.7 Å². The lowest BCUT2D eigenvalue weighted by Gasteiger charge is -2.34. The maximum atomic E-state index is 13.5. The van der Waals surface area contributed by atoms with Gasteiger partial charge in [-0.2, -0.15) is 0 Å². The van der Waals surface area contributed by atoms with E-state index >= 15 is 0 Å². The van der Waals surface area contributed by atoms with Gasteiger partial charge in [0.15, 0.2) is 11.5 Å². The summed E-state index contributed by atoms with van der Waals surface area (Å²) >= 11 is 6.52. The predicted octanol–water partition coefficient (Wildman–Crippen LogP) is 5.41. The highest BCUT2D eigenvalue weighted by Crippen LogP contribution is 2.45. The molecule has 0 aromatic heterocycles. The molecule has 1 saturated heterocycles. The van der Waals surface area contributed by atoms with Crippen LogP contribution >= 0.6 is 11.6 Å². The topological polar surface area (TPSA) is 88.5 Å². The van der Waals surface area contributed by atoms with Crippen molar-refractivity contribution in [2.45, 2.75) is 52.2 Å². The average molecular weight is 559 g/mol. The number of carboxylic acid groups (broad SMARTS) is 1. The molecule has 0 unspecified atom stereocenters. The lowest BCUT2D eigenvalue weighted by atomic mass is 9.94.